The highest BCUT2D eigenvalue weighted by Crippen LogP contribution is 2.35. The fourth-order valence-corrected chi connectivity index (χ4v) is 3.21. The quantitative estimate of drug-likeness (QED) is 0.679. The second-order valence-corrected chi connectivity index (χ2v) is 4.99. The van der Waals surface area contributed by atoms with Crippen molar-refractivity contribution in [2.24, 2.45) is 0 Å². The van der Waals surface area contributed by atoms with E-state index in [1.165, 1.54) is 6.42 Å². The first kappa shape index (κ1) is 12.8. The third kappa shape index (κ3) is 2.32. The Kier molecular flexibility index (Phi) is 4.01. The molecule has 0 aromatic carbocycles. The van der Waals surface area contributed by atoms with Gasteiger partial charge in [-0.2, -0.15) is 0 Å². The van der Waals surface area contributed by atoms with Crippen molar-refractivity contribution in [2.75, 3.05) is 33.4 Å². The lowest BCUT2D eigenvalue weighted by Gasteiger charge is -2.38. The van der Waals surface area contributed by atoms with Crippen molar-refractivity contribution in [1.29, 1.82) is 0 Å². The van der Waals surface area contributed by atoms with E-state index in [0.717, 1.165) is 25.9 Å². The van der Waals surface area contributed by atoms with E-state index in [1.54, 1.807) is 7.11 Å². The van der Waals surface area contributed by atoms with Gasteiger partial charge in [-0.05, 0) is 25.8 Å². The van der Waals surface area contributed by atoms with Gasteiger partial charge in [0.2, 0.25) is 0 Å². The van der Waals surface area contributed by atoms with Gasteiger partial charge in [0.25, 0.3) is 0 Å². The second kappa shape index (κ2) is 5.33. The summed E-state index contributed by atoms with van der Waals surface area (Å²) in [6.45, 7) is 3.11. The van der Waals surface area contributed by atoms with Crippen LogP contribution in [0.2, 0.25) is 0 Å². The normalized spacial score (nSPS) is 33.6. The van der Waals surface area contributed by atoms with E-state index in [2.05, 4.69) is 10.2 Å². The van der Waals surface area contributed by atoms with Gasteiger partial charge in [0.15, 0.2) is 0 Å². The number of carbonyl (C=O) groups is 1. The van der Waals surface area contributed by atoms with Crippen LogP contribution in [0.15, 0.2) is 0 Å². The molecular weight excluding hydrogens is 220 g/mol. The van der Waals surface area contributed by atoms with Crippen LogP contribution in [0, 0.1) is 0 Å². The van der Waals surface area contributed by atoms with Crippen LogP contribution in [0.25, 0.3) is 0 Å². The van der Waals surface area contributed by atoms with Gasteiger partial charge in [-0.15, -0.1) is 0 Å². The fourth-order valence-electron chi connectivity index (χ4n) is 3.21. The average Bonchev–Trinajstić information content (AvgIpc) is 2.70. The maximum atomic E-state index is 11.6. The number of nitrogens with one attached hydrogen (secondary N) is 1. The van der Waals surface area contributed by atoms with Crippen molar-refractivity contribution in [1.82, 2.24) is 10.2 Å². The van der Waals surface area contributed by atoms with Gasteiger partial charge in [-0.25, -0.2) is 0 Å². The maximum Gasteiger partial charge on any atom is 0.325 e. The molecule has 0 spiro atoms. The number of fused-ring (bicyclic) bond motifs is 1. The monoisotopic (exact) mass is 242 g/mol. The van der Waals surface area contributed by atoms with E-state index >= 15 is 0 Å². The number of aliphatic carboxylic acids is 1. The van der Waals surface area contributed by atoms with Crippen molar-refractivity contribution in [2.45, 2.75) is 37.3 Å². The Morgan fingerprint density at radius 3 is 3.06 bits per heavy atom. The molecule has 2 rings (SSSR count). The molecular formula is C12H22N2O3. The Bertz CT molecular complexity index is 285. The zero-order valence-corrected chi connectivity index (χ0v) is 10.4. The first-order valence-electron chi connectivity index (χ1n) is 6.42. The largest absolute Gasteiger partial charge is 0.480 e. The van der Waals surface area contributed by atoms with Gasteiger partial charge in [0, 0.05) is 26.2 Å². The third-order valence-electron chi connectivity index (χ3n) is 4.10. The number of piperidine rings is 1. The molecule has 0 radical (unpaired) electrons. The van der Waals surface area contributed by atoms with E-state index in [4.69, 9.17) is 4.74 Å². The average molecular weight is 242 g/mol. The summed E-state index contributed by atoms with van der Waals surface area (Å²) >= 11 is 0. The maximum absolute atomic E-state index is 11.6. The lowest BCUT2D eigenvalue weighted by Crippen LogP contribution is -2.61. The molecule has 17 heavy (non-hydrogen) atoms. The summed E-state index contributed by atoms with van der Waals surface area (Å²) in [5, 5.41) is 12.8. The molecule has 5 heteroatoms. The van der Waals surface area contributed by atoms with E-state index in [-0.39, 0.29) is 6.04 Å². The summed E-state index contributed by atoms with van der Waals surface area (Å²) in [4.78, 5) is 14.0. The third-order valence-corrected chi connectivity index (χ3v) is 4.10. The van der Waals surface area contributed by atoms with Crippen LogP contribution in [0.1, 0.15) is 25.7 Å². The van der Waals surface area contributed by atoms with Crippen molar-refractivity contribution >= 4 is 5.97 Å². The molecule has 0 aliphatic carbocycles. The first-order chi connectivity index (χ1) is 8.20. The molecule has 2 unspecified atom stereocenters. The topological polar surface area (TPSA) is 61.8 Å². The Balaban J connectivity index is 2.08. The molecule has 0 saturated carbocycles. The summed E-state index contributed by atoms with van der Waals surface area (Å²) in [6, 6.07) is 0.158. The molecule has 2 aliphatic rings. The molecule has 5 nitrogen and oxygen atoms in total. The number of methoxy groups -OCH3 is 1. The molecule has 2 N–H and O–H groups in total. The lowest BCUT2D eigenvalue weighted by atomic mass is 9.85. The highest BCUT2D eigenvalue weighted by Gasteiger charge is 2.52. The fraction of sp³-hybridized carbons (Fsp3) is 0.917. The van der Waals surface area contributed by atoms with Crippen LogP contribution in [0.5, 0.6) is 0 Å². The molecule has 2 saturated heterocycles. The van der Waals surface area contributed by atoms with Gasteiger partial charge < -0.3 is 9.84 Å². The molecule has 2 atom stereocenters. The Labute approximate surface area is 102 Å². The van der Waals surface area contributed by atoms with Crippen molar-refractivity contribution in [3.8, 4) is 0 Å². The first-order valence-corrected chi connectivity index (χ1v) is 6.42. The summed E-state index contributed by atoms with van der Waals surface area (Å²) < 4.78 is 4.99. The Hall–Kier alpha value is -0.650. The van der Waals surface area contributed by atoms with Crippen LogP contribution in [0.3, 0.4) is 0 Å². The molecule has 0 amide bonds. The minimum atomic E-state index is -0.751. The number of carboxylic acid groups (broad SMARTS) is 1. The Morgan fingerprint density at radius 1 is 1.53 bits per heavy atom. The van der Waals surface area contributed by atoms with Crippen molar-refractivity contribution in [3.05, 3.63) is 0 Å². The highest BCUT2D eigenvalue weighted by molar-refractivity contribution is 5.80. The van der Waals surface area contributed by atoms with Gasteiger partial charge in [-0.1, -0.05) is 6.42 Å². The van der Waals surface area contributed by atoms with E-state index in [9.17, 15) is 9.90 Å². The molecule has 2 heterocycles. The standard InChI is InChI=1S/C12H22N2O3/c1-17-9-6-13-12(11(15)16)5-8-14-7-3-2-4-10(12)14/h10,13H,2-9H2,1H3,(H,15,16). The summed E-state index contributed by atoms with van der Waals surface area (Å²) in [6.07, 6.45) is 4.04. The molecule has 0 aromatic rings. The van der Waals surface area contributed by atoms with Crippen LogP contribution < -0.4 is 5.32 Å². The number of rotatable bonds is 5. The number of ether oxygens (including phenoxy) is 1. The van der Waals surface area contributed by atoms with Gasteiger partial charge in [0.1, 0.15) is 5.54 Å². The number of carboxylic acids is 1. The summed E-state index contributed by atoms with van der Waals surface area (Å²) in [5.41, 5.74) is -0.751. The molecule has 2 fully saturated rings. The number of hydrogen-bond acceptors (Lipinski definition) is 4. The number of hydrogen-bond donors (Lipinski definition) is 2. The highest BCUT2D eigenvalue weighted by atomic mass is 16.5. The Morgan fingerprint density at radius 2 is 2.35 bits per heavy atom. The molecule has 0 aromatic heterocycles. The van der Waals surface area contributed by atoms with Gasteiger partial charge >= 0.3 is 5.97 Å². The van der Waals surface area contributed by atoms with Gasteiger partial charge in [0.05, 0.1) is 6.61 Å². The predicted molar refractivity (Wildman–Crippen MR) is 64.1 cm³/mol. The van der Waals surface area contributed by atoms with Crippen molar-refractivity contribution in [3.63, 3.8) is 0 Å². The van der Waals surface area contributed by atoms with E-state index in [1.807, 2.05) is 0 Å². The predicted octanol–water partition coefficient (Wildman–Crippen LogP) is 0.304. The van der Waals surface area contributed by atoms with Crippen LogP contribution >= 0.6 is 0 Å². The smallest absolute Gasteiger partial charge is 0.325 e. The van der Waals surface area contributed by atoms with E-state index in [0.29, 0.717) is 19.6 Å². The minimum absolute atomic E-state index is 0.158. The van der Waals surface area contributed by atoms with Crippen LogP contribution in [0.4, 0.5) is 0 Å². The summed E-state index contributed by atoms with van der Waals surface area (Å²) in [7, 11) is 1.64. The minimum Gasteiger partial charge on any atom is -0.480 e. The SMILES string of the molecule is COCCNC1(C(=O)O)CCN2CCCCC21. The number of nitrogens with zero attached hydrogens (tertiary/aromatic N) is 1. The van der Waals surface area contributed by atoms with Crippen LogP contribution in [-0.4, -0.2) is 60.9 Å². The zero-order chi connectivity index (χ0) is 12.3. The molecule has 0 bridgehead atoms. The van der Waals surface area contributed by atoms with Gasteiger partial charge in [-0.3, -0.25) is 15.0 Å². The van der Waals surface area contributed by atoms with Crippen LogP contribution in [-0.2, 0) is 9.53 Å². The second-order valence-electron chi connectivity index (χ2n) is 4.99. The summed E-state index contributed by atoms with van der Waals surface area (Å²) in [5.74, 6) is -0.706. The lowest BCUT2D eigenvalue weighted by molar-refractivity contribution is -0.146. The molecule has 98 valence electrons. The molecule has 2 aliphatic heterocycles. The zero-order valence-electron chi connectivity index (χ0n) is 10.4. The van der Waals surface area contributed by atoms with E-state index < -0.39 is 11.5 Å². The van der Waals surface area contributed by atoms with Crippen molar-refractivity contribution < 1.29 is 14.6 Å².